The van der Waals surface area contributed by atoms with Crippen LogP contribution >= 0.6 is 0 Å². The molecule has 1 amide bonds. The van der Waals surface area contributed by atoms with Crippen molar-refractivity contribution in [1.82, 2.24) is 4.90 Å². The van der Waals surface area contributed by atoms with Crippen LogP contribution in [0.15, 0.2) is 48.5 Å². The van der Waals surface area contributed by atoms with Crippen molar-refractivity contribution in [2.75, 3.05) is 20.2 Å². The normalized spacial score (nSPS) is 12.4. The highest BCUT2D eigenvalue weighted by Gasteiger charge is 2.29. The Morgan fingerprint density at radius 2 is 1.60 bits per heavy atom. The molecule has 0 bridgehead atoms. The molecule has 1 aliphatic rings. The van der Waals surface area contributed by atoms with Gasteiger partial charge >= 0.3 is 12.1 Å². The first-order valence-electron chi connectivity index (χ1n) is 8.36. The Balaban J connectivity index is 1.65. The summed E-state index contributed by atoms with van der Waals surface area (Å²) in [5, 5.41) is 8.66. The van der Waals surface area contributed by atoms with Crippen LogP contribution in [0.1, 0.15) is 29.9 Å². The Hall–Kier alpha value is -2.82. The molecule has 2 aromatic carbocycles. The second-order valence-electron chi connectivity index (χ2n) is 6.22. The molecule has 0 unspecified atom stereocenters. The largest absolute Gasteiger partial charge is 0.481 e. The molecule has 0 saturated carbocycles. The summed E-state index contributed by atoms with van der Waals surface area (Å²) in [5.41, 5.74) is 4.72. The summed E-state index contributed by atoms with van der Waals surface area (Å²) in [6.45, 7) is 0.638. The molecule has 5 heteroatoms. The van der Waals surface area contributed by atoms with Crippen LogP contribution in [0.4, 0.5) is 4.79 Å². The molecule has 0 aromatic heterocycles. The third-order valence-corrected chi connectivity index (χ3v) is 4.53. The summed E-state index contributed by atoms with van der Waals surface area (Å²) < 4.78 is 5.50. The Morgan fingerprint density at radius 3 is 2.16 bits per heavy atom. The number of carboxylic acids is 1. The lowest BCUT2D eigenvalue weighted by atomic mass is 9.98. The fourth-order valence-electron chi connectivity index (χ4n) is 3.26. The van der Waals surface area contributed by atoms with Gasteiger partial charge < -0.3 is 14.7 Å². The average molecular weight is 339 g/mol. The summed E-state index contributed by atoms with van der Waals surface area (Å²) in [7, 11) is 1.63. The maximum absolute atomic E-state index is 12.2. The highest BCUT2D eigenvalue weighted by molar-refractivity contribution is 5.79. The molecule has 5 nitrogen and oxygen atoms in total. The smallest absolute Gasteiger partial charge is 0.409 e. The van der Waals surface area contributed by atoms with E-state index in [1.165, 1.54) is 27.2 Å². The lowest BCUT2D eigenvalue weighted by Gasteiger charge is -2.19. The standard InChI is InChI=1S/C20H21NO4/c1-21(12-6-11-19(22)23)20(24)25-13-18-16-9-4-2-7-14(16)15-8-3-5-10-17(15)18/h2-5,7-10,18H,6,11-13H2,1H3,(H,22,23). The lowest BCUT2D eigenvalue weighted by molar-refractivity contribution is -0.137. The van der Waals surface area contributed by atoms with Gasteiger partial charge in [0.2, 0.25) is 0 Å². The fraction of sp³-hybridized carbons (Fsp3) is 0.300. The number of hydrogen-bond donors (Lipinski definition) is 1. The molecule has 130 valence electrons. The van der Waals surface area contributed by atoms with Crippen molar-refractivity contribution in [3.8, 4) is 11.1 Å². The summed E-state index contributed by atoms with van der Waals surface area (Å²) >= 11 is 0. The van der Waals surface area contributed by atoms with Crippen molar-refractivity contribution in [2.24, 2.45) is 0 Å². The number of hydrogen-bond acceptors (Lipinski definition) is 3. The second-order valence-corrected chi connectivity index (χ2v) is 6.22. The SMILES string of the molecule is CN(CCCC(=O)O)C(=O)OCC1c2ccccc2-c2ccccc21. The maximum atomic E-state index is 12.2. The Kier molecular flexibility index (Phi) is 5.03. The third kappa shape index (κ3) is 3.65. The first-order valence-corrected chi connectivity index (χ1v) is 8.36. The van der Waals surface area contributed by atoms with Crippen molar-refractivity contribution >= 4 is 12.1 Å². The molecule has 1 N–H and O–H groups in total. The molecule has 1 aliphatic carbocycles. The predicted octanol–water partition coefficient (Wildman–Crippen LogP) is 3.73. The van der Waals surface area contributed by atoms with Crippen molar-refractivity contribution in [2.45, 2.75) is 18.8 Å². The quantitative estimate of drug-likeness (QED) is 0.871. The van der Waals surface area contributed by atoms with E-state index in [1.807, 2.05) is 24.3 Å². The number of carboxylic acid groups (broad SMARTS) is 1. The summed E-state index contributed by atoms with van der Waals surface area (Å²) in [4.78, 5) is 24.1. The van der Waals surface area contributed by atoms with Crippen LogP contribution in [-0.2, 0) is 9.53 Å². The summed E-state index contributed by atoms with van der Waals surface area (Å²) in [6.07, 6.45) is 0.0315. The zero-order valence-corrected chi connectivity index (χ0v) is 14.1. The molecule has 0 aliphatic heterocycles. The predicted molar refractivity (Wildman–Crippen MR) is 94.6 cm³/mol. The van der Waals surface area contributed by atoms with Gasteiger partial charge in [0.1, 0.15) is 6.61 Å². The van der Waals surface area contributed by atoms with Gasteiger partial charge in [-0.15, -0.1) is 0 Å². The average Bonchev–Trinajstić information content (AvgIpc) is 2.93. The van der Waals surface area contributed by atoms with Crippen LogP contribution in [0, 0.1) is 0 Å². The molecule has 25 heavy (non-hydrogen) atoms. The number of amides is 1. The Labute approximate surface area is 146 Å². The van der Waals surface area contributed by atoms with Crippen LogP contribution in [-0.4, -0.2) is 42.3 Å². The minimum atomic E-state index is -0.860. The Morgan fingerprint density at radius 1 is 1.04 bits per heavy atom. The van der Waals surface area contributed by atoms with Gasteiger partial charge in [-0.2, -0.15) is 0 Å². The number of carbonyl (C=O) groups excluding carboxylic acids is 1. The van der Waals surface area contributed by atoms with Crippen LogP contribution in [0.5, 0.6) is 0 Å². The van der Waals surface area contributed by atoms with Crippen molar-refractivity contribution in [1.29, 1.82) is 0 Å². The van der Waals surface area contributed by atoms with E-state index in [1.54, 1.807) is 7.05 Å². The van der Waals surface area contributed by atoms with E-state index in [9.17, 15) is 9.59 Å². The first-order chi connectivity index (χ1) is 12.1. The molecule has 2 aromatic rings. The first kappa shape index (κ1) is 17.0. The lowest BCUT2D eigenvalue weighted by Crippen LogP contribution is -2.30. The van der Waals surface area contributed by atoms with E-state index < -0.39 is 12.1 Å². The molecule has 0 saturated heterocycles. The van der Waals surface area contributed by atoms with Crippen LogP contribution in [0.3, 0.4) is 0 Å². The van der Waals surface area contributed by atoms with Gasteiger partial charge in [-0.1, -0.05) is 48.5 Å². The van der Waals surface area contributed by atoms with E-state index in [4.69, 9.17) is 9.84 Å². The van der Waals surface area contributed by atoms with E-state index in [0.29, 0.717) is 13.0 Å². The highest BCUT2D eigenvalue weighted by Crippen LogP contribution is 2.44. The minimum Gasteiger partial charge on any atom is -0.481 e. The zero-order valence-electron chi connectivity index (χ0n) is 14.1. The van der Waals surface area contributed by atoms with E-state index in [-0.39, 0.29) is 18.9 Å². The molecular weight excluding hydrogens is 318 g/mol. The van der Waals surface area contributed by atoms with Crippen LogP contribution in [0.25, 0.3) is 11.1 Å². The van der Waals surface area contributed by atoms with E-state index >= 15 is 0 Å². The molecule has 0 spiro atoms. The van der Waals surface area contributed by atoms with Gasteiger partial charge in [-0.25, -0.2) is 4.79 Å². The van der Waals surface area contributed by atoms with Crippen molar-refractivity contribution < 1.29 is 19.4 Å². The number of carbonyl (C=O) groups is 2. The van der Waals surface area contributed by atoms with Crippen LogP contribution in [0.2, 0.25) is 0 Å². The van der Waals surface area contributed by atoms with Gasteiger partial charge in [0.25, 0.3) is 0 Å². The second kappa shape index (κ2) is 7.38. The highest BCUT2D eigenvalue weighted by atomic mass is 16.6. The van der Waals surface area contributed by atoms with Gasteiger partial charge in [-0.05, 0) is 28.7 Å². The molecule has 0 atom stereocenters. The topological polar surface area (TPSA) is 66.8 Å². The van der Waals surface area contributed by atoms with E-state index in [2.05, 4.69) is 24.3 Å². The van der Waals surface area contributed by atoms with Crippen molar-refractivity contribution in [3.63, 3.8) is 0 Å². The molecule has 0 fully saturated rings. The van der Waals surface area contributed by atoms with Gasteiger partial charge in [-0.3, -0.25) is 4.79 Å². The Bertz CT molecular complexity index is 741. The summed E-state index contributed by atoms with van der Waals surface area (Å²) in [5.74, 6) is -0.829. The third-order valence-electron chi connectivity index (χ3n) is 4.53. The van der Waals surface area contributed by atoms with Crippen LogP contribution < -0.4 is 0 Å². The molecule has 3 rings (SSSR count). The minimum absolute atomic E-state index is 0.0313. The van der Waals surface area contributed by atoms with E-state index in [0.717, 1.165) is 0 Å². The van der Waals surface area contributed by atoms with Gasteiger partial charge in [0.15, 0.2) is 0 Å². The number of ether oxygens (including phenoxy) is 1. The molecule has 0 radical (unpaired) electrons. The fourth-order valence-corrected chi connectivity index (χ4v) is 3.26. The molecular formula is C20H21NO4. The number of rotatable bonds is 6. The van der Waals surface area contributed by atoms with Gasteiger partial charge in [0, 0.05) is 25.9 Å². The number of aliphatic carboxylic acids is 1. The number of fused-ring (bicyclic) bond motifs is 3. The van der Waals surface area contributed by atoms with Crippen molar-refractivity contribution in [3.05, 3.63) is 59.7 Å². The number of nitrogens with zero attached hydrogens (tertiary/aromatic N) is 1. The van der Waals surface area contributed by atoms with Gasteiger partial charge in [0.05, 0.1) is 0 Å². The monoisotopic (exact) mass is 339 g/mol. The zero-order chi connectivity index (χ0) is 17.8. The summed E-state index contributed by atoms with van der Waals surface area (Å²) in [6, 6.07) is 16.4. The number of benzene rings is 2. The molecule has 0 heterocycles. The maximum Gasteiger partial charge on any atom is 0.409 e.